The monoisotopic (exact) mass is 316 g/mol. The van der Waals surface area contributed by atoms with Crippen molar-refractivity contribution in [1.29, 1.82) is 5.26 Å². The van der Waals surface area contributed by atoms with E-state index in [2.05, 4.69) is 11.2 Å². The molecule has 1 heterocycles. The number of nitriles is 1. The Morgan fingerprint density at radius 1 is 1.45 bits per heavy atom. The van der Waals surface area contributed by atoms with Gasteiger partial charge in [-0.2, -0.15) is 10.4 Å². The quantitative estimate of drug-likeness (QED) is 0.797. The lowest BCUT2D eigenvalue weighted by atomic mass is 10.1. The van der Waals surface area contributed by atoms with Crippen molar-refractivity contribution in [3.63, 3.8) is 0 Å². The van der Waals surface area contributed by atoms with Crippen molar-refractivity contribution in [1.82, 2.24) is 14.7 Å². The van der Waals surface area contributed by atoms with Crippen LogP contribution in [0.4, 0.5) is 0 Å². The number of nitrogens with zero attached hydrogens (tertiary/aromatic N) is 4. The summed E-state index contributed by atoms with van der Waals surface area (Å²) >= 11 is 5.75. The predicted octanol–water partition coefficient (Wildman–Crippen LogP) is 2.62. The maximum atomic E-state index is 12.2. The molecule has 114 valence electrons. The minimum atomic E-state index is -0.178. The minimum Gasteiger partial charge on any atom is -0.329 e. The molecule has 0 aliphatic rings. The molecule has 0 aliphatic heterocycles. The first-order chi connectivity index (χ1) is 10.6. The van der Waals surface area contributed by atoms with E-state index in [1.54, 1.807) is 16.6 Å². The Morgan fingerprint density at radius 2 is 2.14 bits per heavy atom. The number of carbonyl (C=O) groups excluding carboxylic acids is 1. The summed E-state index contributed by atoms with van der Waals surface area (Å²) in [4.78, 5) is 13.9. The molecule has 1 aromatic carbocycles. The summed E-state index contributed by atoms with van der Waals surface area (Å²) in [6, 6.07) is 11.7. The third-order valence-corrected chi connectivity index (χ3v) is 3.91. The number of aryl methyl sites for hydroxylation is 1. The number of hydrogen-bond acceptors (Lipinski definition) is 3. The van der Waals surface area contributed by atoms with E-state index in [9.17, 15) is 4.79 Å². The average molecular weight is 317 g/mol. The average Bonchev–Trinajstić information content (AvgIpc) is 2.92. The zero-order chi connectivity index (χ0) is 16.1. The molecule has 0 radical (unpaired) electrons. The van der Waals surface area contributed by atoms with Gasteiger partial charge in [-0.1, -0.05) is 30.3 Å². The number of amides is 1. The van der Waals surface area contributed by atoms with E-state index in [0.29, 0.717) is 17.8 Å². The van der Waals surface area contributed by atoms with Crippen LogP contribution in [0.2, 0.25) is 0 Å². The van der Waals surface area contributed by atoms with Gasteiger partial charge < -0.3 is 4.90 Å². The molecular formula is C16H17ClN4O. The fourth-order valence-corrected chi connectivity index (χ4v) is 2.49. The van der Waals surface area contributed by atoms with Crippen LogP contribution in [0.5, 0.6) is 0 Å². The van der Waals surface area contributed by atoms with Crippen LogP contribution in [-0.4, -0.2) is 26.5 Å². The summed E-state index contributed by atoms with van der Waals surface area (Å²) in [5, 5.41) is 13.2. The van der Waals surface area contributed by atoms with Gasteiger partial charge in [0, 0.05) is 7.05 Å². The summed E-state index contributed by atoms with van der Waals surface area (Å²) in [6.45, 7) is 2.24. The molecule has 1 atom stereocenters. The number of carbonyl (C=O) groups is 1. The first-order valence-corrected chi connectivity index (χ1v) is 7.43. The van der Waals surface area contributed by atoms with E-state index >= 15 is 0 Å². The minimum absolute atomic E-state index is 0.100. The second kappa shape index (κ2) is 7.10. The Morgan fingerprint density at radius 3 is 2.73 bits per heavy atom. The van der Waals surface area contributed by atoms with Gasteiger partial charge in [-0.05, 0) is 12.5 Å². The molecule has 0 spiro atoms. The Hall–Kier alpha value is -2.32. The molecule has 1 unspecified atom stereocenters. The van der Waals surface area contributed by atoms with Crippen molar-refractivity contribution in [2.45, 2.75) is 19.5 Å². The topological polar surface area (TPSA) is 61.9 Å². The van der Waals surface area contributed by atoms with Crippen LogP contribution in [0.3, 0.4) is 0 Å². The zero-order valence-electron chi connectivity index (χ0n) is 12.5. The standard InChI is InChI=1S/C16H17ClN4O/c1-12(13-6-4-3-5-7-13)21(16(22)8-17)11-15-14(9-18)10-19-20(15)2/h3-7,10,12H,8,11H2,1-2H3. The number of aromatic nitrogens is 2. The third kappa shape index (κ3) is 3.29. The highest BCUT2D eigenvalue weighted by molar-refractivity contribution is 6.27. The molecule has 0 saturated heterocycles. The molecule has 0 aliphatic carbocycles. The summed E-state index contributed by atoms with van der Waals surface area (Å²) in [5.41, 5.74) is 2.18. The Labute approximate surface area is 134 Å². The SMILES string of the molecule is CC(c1ccccc1)N(Cc1c(C#N)cnn1C)C(=O)CCl. The molecular weight excluding hydrogens is 300 g/mol. The van der Waals surface area contributed by atoms with E-state index in [0.717, 1.165) is 5.56 Å². The number of hydrogen-bond donors (Lipinski definition) is 0. The Kier molecular flexibility index (Phi) is 5.18. The predicted molar refractivity (Wildman–Crippen MR) is 84.1 cm³/mol. The molecule has 6 heteroatoms. The van der Waals surface area contributed by atoms with Crippen LogP contribution in [0.15, 0.2) is 36.5 Å². The molecule has 22 heavy (non-hydrogen) atoms. The molecule has 1 amide bonds. The van der Waals surface area contributed by atoms with Crippen LogP contribution >= 0.6 is 11.6 Å². The first kappa shape index (κ1) is 16.1. The van der Waals surface area contributed by atoms with Crippen LogP contribution in [-0.2, 0) is 18.4 Å². The molecule has 0 N–H and O–H groups in total. The number of halogens is 1. The van der Waals surface area contributed by atoms with Crippen LogP contribution in [0, 0.1) is 11.3 Å². The van der Waals surface area contributed by atoms with E-state index in [-0.39, 0.29) is 17.8 Å². The van der Waals surface area contributed by atoms with Gasteiger partial charge in [0.05, 0.1) is 30.0 Å². The fraction of sp³-hybridized carbons (Fsp3) is 0.312. The highest BCUT2D eigenvalue weighted by atomic mass is 35.5. The summed E-state index contributed by atoms with van der Waals surface area (Å²) in [7, 11) is 1.76. The van der Waals surface area contributed by atoms with Crippen molar-refractivity contribution in [2.75, 3.05) is 5.88 Å². The number of rotatable bonds is 5. The molecule has 0 fully saturated rings. The van der Waals surface area contributed by atoms with Gasteiger partial charge in [0.15, 0.2) is 0 Å². The second-order valence-electron chi connectivity index (χ2n) is 4.98. The van der Waals surface area contributed by atoms with Crippen molar-refractivity contribution >= 4 is 17.5 Å². The van der Waals surface area contributed by atoms with Crippen LogP contribution in [0.25, 0.3) is 0 Å². The Balaban J connectivity index is 2.33. The third-order valence-electron chi connectivity index (χ3n) is 3.69. The lowest BCUT2D eigenvalue weighted by molar-refractivity contribution is -0.131. The van der Waals surface area contributed by atoms with Gasteiger partial charge in [0.2, 0.25) is 5.91 Å². The van der Waals surface area contributed by atoms with Gasteiger partial charge in [-0.25, -0.2) is 0 Å². The van der Waals surface area contributed by atoms with Crippen molar-refractivity contribution < 1.29 is 4.79 Å². The van der Waals surface area contributed by atoms with Gasteiger partial charge in [0.1, 0.15) is 11.9 Å². The Bertz CT molecular complexity index is 690. The maximum absolute atomic E-state index is 12.2. The molecule has 2 rings (SSSR count). The van der Waals surface area contributed by atoms with E-state index < -0.39 is 0 Å². The first-order valence-electron chi connectivity index (χ1n) is 6.89. The highest BCUT2D eigenvalue weighted by Gasteiger charge is 2.23. The molecule has 0 bridgehead atoms. The van der Waals surface area contributed by atoms with E-state index in [1.807, 2.05) is 37.3 Å². The lowest BCUT2D eigenvalue weighted by Gasteiger charge is -2.29. The molecule has 1 aromatic heterocycles. The highest BCUT2D eigenvalue weighted by Crippen LogP contribution is 2.23. The molecule has 0 saturated carbocycles. The number of alkyl halides is 1. The van der Waals surface area contributed by atoms with E-state index in [1.165, 1.54) is 6.20 Å². The molecule has 5 nitrogen and oxygen atoms in total. The van der Waals surface area contributed by atoms with Gasteiger partial charge in [-0.3, -0.25) is 9.48 Å². The van der Waals surface area contributed by atoms with E-state index in [4.69, 9.17) is 16.9 Å². The fourth-order valence-electron chi connectivity index (χ4n) is 2.33. The zero-order valence-corrected chi connectivity index (χ0v) is 13.3. The normalized spacial score (nSPS) is 11.7. The van der Waals surface area contributed by atoms with Crippen molar-refractivity contribution in [2.24, 2.45) is 7.05 Å². The maximum Gasteiger partial charge on any atom is 0.238 e. The lowest BCUT2D eigenvalue weighted by Crippen LogP contribution is -2.35. The smallest absolute Gasteiger partial charge is 0.238 e. The van der Waals surface area contributed by atoms with Crippen molar-refractivity contribution in [3.05, 3.63) is 53.3 Å². The molecule has 2 aromatic rings. The van der Waals surface area contributed by atoms with Crippen LogP contribution < -0.4 is 0 Å². The van der Waals surface area contributed by atoms with Crippen LogP contribution in [0.1, 0.15) is 29.8 Å². The summed E-state index contributed by atoms with van der Waals surface area (Å²) in [5.74, 6) is -0.278. The largest absolute Gasteiger partial charge is 0.329 e. The summed E-state index contributed by atoms with van der Waals surface area (Å²) in [6.07, 6.45) is 1.51. The number of benzene rings is 1. The van der Waals surface area contributed by atoms with Gasteiger partial charge in [0.25, 0.3) is 0 Å². The summed E-state index contributed by atoms with van der Waals surface area (Å²) < 4.78 is 1.62. The van der Waals surface area contributed by atoms with Gasteiger partial charge >= 0.3 is 0 Å². The van der Waals surface area contributed by atoms with Gasteiger partial charge in [-0.15, -0.1) is 11.6 Å². The van der Waals surface area contributed by atoms with Crippen molar-refractivity contribution in [3.8, 4) is 6.07 Å². The second-order valence-corrected chi connectivity index (χ2v) is 5.25.